The second-order valence-corrected chi connectivity index (χ2v) is 10.2. The van der Waals surface area contributed by atoms with Gasteiger partial charge in [-0.3, -0.25) is 4.79 Å². The van der Waals surface area contributed by atoms with Crippen LogP contribution in [0, 0.1) is 5.92 Å². The molecule has 0 saturated carbocycles. The highest BCUT2D eigenvalue weighted by Crippen LogP contribution is 2.29. The molecule has 0 bridgehead atoms. The van der Waals surface area contributed by atoms with Gasteiger partial charge in [-0.25, -0.2) is 13.4 Å². The lowest BCUT2D eigenvalue weighted by molar-refractivity contribution is -0.115. The van der Waals surface area contributed by atoms with E-state index in [4.69, 9.17) is 11.6 Å². The van der Waals surface area contributed by atoms with Gasteiger partial charge < -0.3 is 21.3 Å². The van der Waals surface area contributed by atoms with Crippen molar-refractivity contribution in [1.82, 2.24) is 15.3 Å². The molecule has 0 aliphatic carbocycles. The Morgan fingerprint density at radius 1 is 1.33 bits per heavy atom. The Labute approximate surface area is 179 Å². The first-order valence-corrected chi connectivity index (χ1v) is 12.0. The fourth-order valence-electron chi connectivity index (χ4n) is 3.80. The second-order valence-electron chi connectivity index (χ2n) is 7.61. The zero-order chi connectivity index (χ0) is 21.3. The van der Waals surface area contributed by atoms with E-state index in [2.05, 4.69) is 31.2 Å². The molecule has 1 aromatic heterocycles. The number of nitrogens with zero attached hydrogens (tertiary/aromatic N) is 2. The molecule has 4 rings (SSSR count). The van der Waals surface area contributed by atoms with Gasteiger partial charge in [0.1, 0.15) is 10.4 Å². The van der Waals surface area contributed by atoms with Gasteiger partial charge in [0.2, 0.25) is 11.9 Å². The number of hydrogen-bond donors (Lipinski definition) is 4. The van der Waals surface area contributed by atoms with Crippen molar-refractivity contribution in [2.24, 2.45) is 5.92 Å². The first kappa shape index (κ1) is 20.8. The first-order valence-electron chi connectivity index (χ1n) is 9.68. The first-order chi connectivity index (χ1) is 14.3. The van der Waals surface area contributed by atoms with Gasteiger partial charge in [0, 0.05) is 30.1 Å². The van der Waals surface area contributed by atoms with Crippen LogP contribution in [0.15, 0.2) is 24.4 Å². The summed E-state index contributed by atoms with van der Waals surface area (Å²) < 4.78 is 24.9. The molecule has 0 spiro atoms. The Balaban J connectivity index is 1.55. The van der Waals surface area contributed by atoms with Crippen molar-refractivity contribution in [2.45, 2.75) is 24.6 Å². The van der Waals surface area contributed by atoms with Gasteiger partial charge in [0.15, 0.2) is 15.7 Å². The third kappa shape index (κ3) is 4.66. The van der Waals surface area contributed by atoms with E-state index in [0.29, 0.717) is 18.7 Å². The van der Waals surface area contributed by atoms with E-state index in [1.807, 2.05) is 12.1 Å². The quantitative estimate of drug-likeness (QED) is 0.527. The van der Waals surface area contributed by atoms with Crippen LogP contribution in [-0.4, -0.2) is 49.0 Å². The maximum atomic E-state index is 12.4. The maximum absolute atomic E-state index is 12.4. The molecule has 1 aromatic carbocycles. The number of carbonyl (C=O) groups is 1. The zero-order valence-electron chi connectivity index (χ0n) is 16.4. The van der Waals surface area contributed by atoms with E-state index in [-0.39, 0.29) is 28.6 Å². The molecule has 11 heteroatoms. The van der Waals surface area contributed by atoms with E-state index < -0.39 is 15.2 Å². The number of aromatic nitrogens is 2. The van der Waals surface area contributed by atoms with Gasteiger partial charge >= 0.3 is 0 Å². The van der Waals surface area contributed by atoms with E-state index in [1.165, 1.54) is 12.5 Å². The molecule has 2 unspecified atom stereocenters. The predicted octanol–water partition coefficient (Wildman–Crippen LogP) is 2.15. The number of anilines is 4. The van der Waals surface area contributed by atoms with E-state index >= 15 is 0 Å². The summed E-state index contributed by atoms with van der Waals surface area (Å²) in [4.78, 5) is 20.1. The number of nitrogens with one attached hydrogen (secondary N) is 4. The summed E-state index contributed by atoms with van der Waals surface area (Å²) in [5.41, 5.74) is 2.38. The number of rotatable bonds is 6. The molecule has 2 aliphatic heterocycles. The molecule has 3 heterocycles. The Bertz CT molecular complexity index is 1070. The van der Waals surface area contributed by atoms with Crippen LogP contribution in [0.5, 0.6) is 0 Å². The Morgan fingerprint density at radius 3 is 2.90 bits per heavy atom. The number of halogens is 1. The number of piperidine rings is 1. The van der Waals surface area contributed by atoms with Crippen molar-refractivity contribution in [3.05, 3.63) is 35.0 Å². The lowest BCUT2D eigenvalue weighted by atomic mass is 9.99. The minimum Gasteiger partial charge on any atom is -0.352 e. The molecule has 30 heavy (non-hydrogen) atoms. The molecule has 4 N–H and O–H groups in total. The van der Waals surface area contributed by atoms with Crippen molar-refractivity contribution < 1.29 is 13.2 Å². The minimum atomic E-state index is -3.39. The number of carbonyl (C=O) groups excluding carboxylic acids is 1. The molecule has 9 nitrogen and oxygen atoms in total. The lowest BCUT2D eigenvalue weighted by Gasteiger charge is -2.30. The molecule has 1 fully saturated rings. The van der Waals surface area contributed by atoms with Crippen molar-refractivity contribution in [3.63, 3.8) is 0 Å². The maximum Gasteiger partial charge on any atom is 0.229 e. The Hall–Kier alpha value is -2.43. The van der Waals surface area contributed by atoms with Crippen LogP contribution in [0.4, 0.5) is 23.1 Å². The molecule has 1 saturated heterocycles. The van der Waals surface area contributed by atoms with Gasteiger partial charge in [0.25, 0.3) is 0 Å². The van der Waals surface area contributed by atoms with Gasteiger partial charge in [-0.15, -0.1) is 0 Å². The van der Waals surface area contributed by atoms with Crippen LogP contribution in [0.3, 0.4) is 0 Å². The summed E-state index contributed by atoms with van der Waals surface area (Å²) in [6.45, 7) is 1.50. The fraction of sp³-hybridized carbons (Fsp3) is 0.421. The SMILES string of the molecule is CS(=O)(=O)C(Nc1nc(Nc2ccc3c(c2)NC(=O)C3)ncc1Cl)C1CCCNC1. The minimum absolute atomic E-state index is 0.0413. The lowest BCUT2D eigenvalue weighted by Crippen LogP contribution is -2.44. The normalized spacial score (nSPS) is 19.7. The smallest absolute Gasteiger partial charge is 0.229 e. The van der Waals surface area contributed by atoms with E-state index in [1.54, 1.807) is 6.07 Å². The zero-order valence-corrected chi connectivity index (χ0v) is 18.0. The Kier molecular flexibility index (Phi) is 5.81. The summed E-state index contributed by atoms with van der Waals surface area (Å²) >= 11 is 6.25. The summed E-state index contributed by atoms with van der Waals surface area (Å²) in [5.74, 6) is 0.390. The highest BCUT2D eigenvalue weighted by Gasteiger charge is 2.32. The number of fused-ring (bicyclic) bond motifs is 1. The molecule has 160 valence electrons. The van der Waals surface area contributed by atoms with Crippen LogP contribution in [0.1, 0.15) is 18.4 Å². The third-order valence-electron chi connectivity index (χ3n) is 5.24. The van der Waals surface area contributed by atoms with E-state index in [9.17, 15) is 13.2 Å². The van der Waals surface area contributed by atoms with E-state index in [0.717, 1.165) is 30.6 Å². The van der Waals surface area contributed by atoms with Crippen LogP contribution in [0.2, 0.25) is 5.02 Å². The summed E-state index contributed by atoms with van der Waals surface area (Å²) in [6.07, 6.45) is 4.72. The molecule has 1 amide bonds. The topological polar surface area (TPSA) is 125 Å². The highest BCUT2D eigenvalue weighted by molar-refractivity contribution is 7.91. The molecule has 2 atom stereocenters. The van der Waals surface area contributed by atoms with Crippen molar-refractivity contribution in [1.29, 1.82) is 0 Å². The van der Waals surface area contributed by atoms with Gasteiger partial charge in [-0.1, -0.05) is 17.7 Å². The van der Waals surface area contributed by atoms with Crippen LogP contribution in [-0.2, 0) is 21.1 Å². The van der Waals surface area contributed by atoms with Crippen molar-refractivity contribution in [2.75, 3.05) is 35.3 Å². The molecular formula is C19H23ClN6O3S. The average molecular weight is 451 g/mol. The third-order valence-corrected chi connectivity index (χ3v) is 6.94. The standard InChI is InChI=1S/C19H23ClN6O3S/c1-30(28,29)18(12-3-2-6-21-9-12)25-17-14(20)10-22-19(26-17)23-13-5-4-11-7-16(27)24-15(11)8-13/h4-5,8,10,12,18,21H,2-3,6-7,9H2,1H3,(H,24,27)(H2,22,23,25,26). The van der Waals surface area contributed by atoms with Gasteiger partial charge in [-0.2, -0.15) is 4.98 Å². The number of hydrogen-bond acceptors (Lipinski definition) is 8. The number of benzene rings is 1. The summed E-state index contributed by atoms with van der Waals surface area (Å²) in [5, 5.41) is 11.6. The molecular weight excluding hydrogens is 428 g/mol. The fourth-order valence-corrected chi connectivity index (χ4v) is 5.20. The highest BCUT2D eigenvalue weighted by atomic mass is 35.5. The largest absolute Gasteiger partial charge is 0.352 e. The predicted molar refractivity (Wildman–Crippen MR) is 117 cm³/mol. The monoisotopic (exact) mass is 450 g/mol. The molecule has 2 aromatic rings. The number of sulfone groups is 1. The summed E-state index contributed by atoms with van der Waals surface area (Å²) in [6, 6.07) is 5.50. The van der Waals surface area contributed by atoms with Gasteiger partial charge in [0.05, 0.1) is 12.6 Å². The Morgan fingerprint density at radius 2 is 2.17 bits per heavy atom. The van der Waals surface area contributed by atoms with Crippen LogP contribution >= 0.6 is 11.6 Å². The second kappa shape index (κ2) is 8.37. The average Bonchev–Trinajstić information content (AvgIpc) is 3.07. The molecule has 0 radical (unpaired) electrons. The van der Waals surface area contributed by atoms with Crippen LogP contribution in [0.25, 0.3) is 0 Å². The summed E-state index contributed by atoms with van der Waals surface area (Å²) in [7, 11) is -3.39. The van der Waals surface area contributed by atoms with Crippen molar-refractivity contribution >= 4 is 50.5 Å². The van der Waals surface area contributed by atoms with Gasteiger partial charge in [-0.05, 0) is 37.1 Å². The van der Waals surface area contributed by atoms with Crippen LogP contribution < -0.4 is 21.3 Å². The van der Waals surface area contributed by atoms with Crippen molar-refractivity contribution in [3.8, 4) is 0 Å². The number of amides is 1. The molecule has 2 aliphatic rings.